The fraction of sp³-hybridized carbons (Fsp3) is 0.333. The molecule has 0 aliphatic carbocycles. The molecule has 2 N–H and O–H groups in total. The van der Waals surface area contributed by atoms with Crippen LogP contribution in [0.5, 0.6) is 5.75 Å². The lowest BCUT2D eigenvalue weighted by Crippen LogP contribution is -2.34. The first-order valence-electron chi connectivity index (χ1n) is 3.99. The van der Waals surface area contributed by atoms with Crippen molar-refractivity contribution in [2.24, 2.45) is 0 Å². The molecule has 1 unspecified atom stereocenters. The topological polar surface area (TPSA) is 32.3 Å². The predicted octanol–water partition coefficient (Wildman–Crippen LogP) is 1.57. The average Bonchev–Trinajstić information content (AvgIpc) is 1.93. The van der Waals surface area contributed by atoms with Crippen molar-refractivity contribution in [2.75, 3.05) is 6.54 Å². The molecule has 12 heavy (non-hydrogen) atoms. The molecule has 3 heteroatoms. The van der Waals surface area contributed by atoms with Gasteiger partial charge in [0.15, 0.2) is 11.6 Å². The monoisotopic (exact) mass is 167 g/mol. The van der Waals surface area contributed by atoms with Gasteiger partial charge in [-0.2, -0.15) is 0 Å². The molecule has 1 aliphatic heterocycles. The Morgan fingerprint density at radius 1 is 1.50 bits per heavy atom. The molecule has 1 saturated heterocycles. The first-order valence-corrected chi connectivity index (χ1v) is 3.99. The number of rotatable bonds is 1. The molecule has 1 heterocycles. The number of benzene rings is 1. The molecule has 0 bridgehead atoms. The summed E-state index contributed by atoms with van der Waals surface area (Å²) < 4.78 is 12.8. The van der Waals surface area contributed by atoms with Crippen molar-refractivity contribution >= 4 is 0 Å². The highest BCUT2D eigenvalue weighted by molar-refractivity contribution is 5.30. The highest BCUT2D eigenvalue weighted by Gasteiger charge is 2.19. The Morgan fingerprint density at radius 2 is 2.25 bits per heavy atom. The molecule has 1 aliphatic rings. The fourth-order valence-corrected chi connectivity index (χ4v) is 1.31. The van der Waals surface area contributed by atoms with Crippen LogP contribution in [0, 0.1) is 5.82 Å². The maximum absolute atomic E-state index is 12.8. The molecule has 1 aromatic carbocycles. The van der Waals surface area contributed by atoms with Crippen molar-refractivity contribution in [1.29, 1.82) is 0 Å². The summed E-state index contributed by atoms with van der Waals surface area (Å²) in [5, 5.41) is 12.1. The number of phenolic OH excluding ortho intramolecular Hbond substituents is 1. The van der Waals surface area contributed by atoms with Crippen LogP contribution < -0.4 is 5.32 Å². The van der Waals surface area contributed by atoms with Crippen molar-refractivity contribution in [1.82, 2.24) is 5.32 Å². The van der Waals surface area contributed by atoms with Crippen molar-refractivity contribution < 1.29 is 9.50 Å². The van der Waals surface area contributed by atoms with E-state index < -0.39 is 5.82 Å². The highest BCUT2D eigenvalue weighted by atomic mass is 19.1. The van der Waals surface area contributed by atoms with Gasteiger partial charge in [-0.05, 0) is 30.7 Å². The zero-order valence-electron chi connectivity index (χ0n) is 6.55. The van der Waals surface area contributed by atoms with Crippen LogP contribution in [-0.4, -0.2) is 11.7 Å². The minimum Gasteiger partial charge on any atom is -0.505 e. The molecule has 0 aromatic heterocycles. The van der Waals surface area contributed by atoms with Crippen molar-refractivity contribution in [3.63, 3.8) is 0 Å². The normalized spacial score (nSPS) is 21.9. The lowest BCUT2D eigenvalue weighted by Gasteiger charge is -2.27. The Morgan fingerprint density at radius 3 is 2.75 bits per heavy atom. The zero-order valence-corrected chi connectivity index (χ0v) is 6.55. The van der Waals surface area contributed by atoms with Crippen LogP contribution in [-0.2, 0) is 0 Å². The SMILES string of the molecule is Oc1ccc(C2CCN2)cc1F. The summed E-state index contributed by atoms with van der Waals surface area (Å²) in [6, 6.07) is 4.80. The third-order valence-electron chi connectivity index (χ3n) is 2.20. The molecule has 1 fully saturated rings. The second kappa shape index (κ2) is 2.75. The average molecular weight is 167 g/mol. The molecule has 2 rings (SSSR count). The molecule has 1 aromatic rings. The zero-order chi connectivity index (χ0) is 8.55. The van der Waals surface area contributed by atoms with Crippen molar-refractivity contribution in [3.8, 4) is 5.75 Å². The van der Waals surface area contributed by atoms with Crippen LogP contribution in [0.15, 0.2) is 18.2 Å². The second-order valence-corrected chi connectivity index (χ2v) is 3.01. The van der Waals surface area contributed by atoms with Crippen LogP contribution >= 0.6 is 0 Å². The second-order valence-electron chi connectivity index (χ2n) is 3.01. The number of halogens is 1. The minimum absolute atomic E-state index is 0.278. The summed E-state index contributed by atoms with van der Waals surface area (Å²) >= 11 is 0. The summed E-state index contributed by atoms with van der Waals surface area (Å²) in [4.78, 5) is 0. The quantitative estimate of drug-likeness (QED) is 0.665. The van der Waals surface area contributed by atoms with Gasteiger partial charge in [0.2, 0.25) is 0 Å². The van der Waals surface area contributed by atoms with Crippen LogP contribution in [0.1, 0.15) is 18.0 Å². The number of nitrogens with one attached hydrogen (secondary N) is 1. The van der Waals surface area contributed by atoms with E-state index in [9.17, 15) is 4.39 Å². The van der Waals surface area contributed by atoms with Gasteiger partial charge in [-0.15, -0.1) is 0 Å². The van der Waals surface area contributed by atoms with Gasteiger partial charge in [0.05, 0.1) is 0 Å². The summed E-state index contributed by atoms with van der Waals surface area (Å²) in [6.07, 6.45) is 1.05. The lowest BCUT2D eigenvalue weighted by molar-refractivity contribution is 0.378. The van der Waals surface area contributed by atoms with Crippen LogP contribution in [0.2, 0.25) is 0 Å². The van der Waals surface area contributed by atoms with Gasteiger partial charge in [-0.25, -0.2) is 4.39 Å². The van der Waals surface area contributed by atoms with Crippen LogP contribution in [0.25, 0.3) is 0 Å². The van der Waals surface area contributed by atoms with E-state index >= 15 is 0 Å². The lowest BCUT2D eigenvalue weighted by atomic mass is 9.98. The molecule has 0 amide bonds. The first-order chi connectivity index (χ1) is 5.77. The van der Waals surface area contributed by atoms with E-state index in [1.807, 2.05) is 0 Å². The van der Waals surface area contributed by atoms with E-state index in [-0.39, 0.29) is 11.8 Å². The van der Waals surface area contributed by atoms with Crippen molar-refractivity contribution in [3.05, 3.63) is 29.6 Å². The number of hydrogen-bond donors (Lipinski definition) is 2. The number of aromatic hydroxyl groups is 1. The predicted molar refractivity (Wildman–Crippen MR) is 43.4 cm³/mol. The summed E-state index contributed by atoms with van der Waals surface area (Å²) in [5.74, 6) is -0.820. The van der Waals surface area contributed by atoms with Crippen LogP contribution in [0.3, 0.4) is 0 Å². The van der Waals surface area contributed by atoms with E-state index in [1.54, 1.807) is 6.07 Å². The van der Waals surface area contributed by atoms with E-state index in [1.165, 1.54) is 12.1 Å². The summed E-state index contributed by atoms with van der Waals surface area (Å²) in [6.45, 7) is 0.993. The molecule has 0 radical (unpaired) electrons. The fourth-order valence-electron chi connectivity index (χ4n) is 1.31. The Kier molecular flexibility index (Phi) is 1.73. The van der Waals surface area contributed by atoms with Gasteiger partial charge in [-0.3, -0.25) is 0 Å². The Labute approximate surface area is 70.0 Å². The first kappa shape index (κ1) is 7.55. The standard InChI is InChI=1S/C9H10FNO/c10-7-5-6(1-2-9(7)12)8-3-4-11-8/h1-2,5,8,11-12H,3-4H2. The Hall–Kier alpha value is -1.09. The number of hydrogen-bond acceptors (Lipinski definition) is 2. The van der Waals surface area contributed by atoms with E-state index in [4.69, 9.17) is 5.11 Å². The van der Waals surface area contributed by atoms with Gasteiger partial charge in [-0.1, -0.05) is 6.07 Å². The highest BCUT2D eigenvalue weighted by Crippen LogP contribution is 2.26. The Balaban J connectivity index is 2.27. The number of phenols is 1. The van der Waals surface area contributed by atoms with Gasteiger partial charge in [0, 0.05) is 6.04 Å². The maximum atomic E-state index is 12.8. The summed E-state index contributed by atoms with van der Waals surface area (Å²) in [5.41, 5.74) is 0.913. The van der Waals surface area contributed by atoms with Gasteiger partial charge in [0.25, 0.3) is 0 Å². The van der Waals surface area contributed by atoms with E-state index in [0.717, 1.165) is 18.5 Å². The molecule has 2 nitrogen and oxygen atoms in total. The molecular formula is C9H10FNO. The largest absolute Gasteiger partial charge is 0.505 e. The smallest absolute Gasteiger partial charge is 0.165 e. The maximum Gasteiger partial charge on any atom is 0.165 e. The molecule has 1 atom stereocenters. The molecule has 0 spiro atoms. The van der Waals surface area contributed by atoms with Crippen LogP contribution in [0.4, 0.5) is 4.39 Å². The minimum atomic E-state index is -0.541. The van der Waals surface area contributed by atoms with Gasteiger partial charge >= 0.3 is 0 Å². The van der Waals surface area contributed by atoms with Crippen molar-refractivity contribution in [2.45, 2.75) is 12.5 Å². The van der Waals surface area contributed by atoms with Gasteiger partial charge in [0.1, 0.15) is 0 Å². The molecular weight excluding hydrogens is 157 g/mol. The third-order valence-corrected chi connectivity index (χ3v) is 2.20. The third kappa shape index (κ3) is 1.16. The van der Waals surface area contributed by atoms with E-state index in [2.05, 4.69) is 5.32 Å². The summed E-state index contributed by atoms with van der Waals surface area (Å²) in [7, 11) is 0. The molecule has 64 valence electrons. The Bertz CT molecular complexity index is 297. The van der Waals surface area contributed by atoms with E-state index in [0.29, 0.717) is 0 Å². The van der Waals surface area contributed by atoms with Gasteiger partial charge < -0.3 is 10.4 Å². The molecule has 0 saturated carbocycles.